The first-order chi connectivity index (χ1) is 10.8. The molecule has 22 heavy (non-hydrogen) atoms. The molecular formula is C18H24INO2. The zero-order chi connectivity index (χ0) is 15.3. The van der Waals surface area contributed by atoms with Crippen molar-refractivity contribution in [1.82, 2.24) is 0 Å². The molecule has 1 unspecified atom stereocenters. The van der Waals surface area contributed by atoms with Gasteiger partial charge in [0.2, 0.25) is 0 Å². The molecule has 4 heteroatoms. The maximum Gasteiger partial charge on any atom is 0.171 e. The van der Waals surface area contributed by atoms with Gasteiger partial charge in [0.1, 0.15) is 0 Å². The predicted molar refractivity (Wildman–Crippen MR) is 97.4 cm³/mol. The number of ether oxygens (including phenoxy) is 2. The standard InChI is InChI=1S/C18H24INO2/c19-17-7-2-1-5-15(17)8-11-20-12-9-16-6-3-4-10-18(16)21-13-14-22-18/h1-2,5,7,12,16H,3-4,6,8-11,13-14H2. The highest BCUT2D eigenvalue weighted by Crippen LogP contribution is 2.41. The molecule has 2 aliphatic rings. The van der Waals surface area contributed by atoms with E-state index in [0.29, 0.717) is 5.92 Å². The van der Waals surface area contributed by atoms with Gasteiger partial charge in [-0.3, -0.25) is 4.99 Å². The molecule has 0 radical (unpaired) electrons. The van der Waals surface area contributed by atoms with Crippen LogP contribution >= 0.6 is 22.6 Å². The SMILES string of the molecule is Ic1ccccc1CCN=CCC1CCCCC12OCCO2. The zero-order valence-corrected chi connectivity index (χ0v) is 15.1. The van der Waals surface area contributed by atoms with E-state index in [4.69, 9.17) is 9.47 Å². The van der Waals surface area contributed by atoms with E-state index in [1.807, 2.05) is 0 Å². The number of benzene rings is 1. The average molecular weight is 413 g/mol. The van der Waals surface area contributed by atoms with Gasteiger partial charge in [0.25, 0.3) is 0 Å². The van der Waals surface area contributed by atoms with Crippen molar-refractivity contribution in [3.63, 3.8) is 0 Å². The molecule has 120 valence electrons. The maximum atomic E-state index is 5.95. The van der Waals surface area contributed by atoms with Crippen LogP contribution in [-0.2, 0) is 15.9 Å². The largest absolute Gasteiger partial charge is 0.347 e. The molecule has 0 aromatic heterocycles. The van der Waals surface area contributed by atoms with Crippen LogP contribution in [0.5, 0.6) is 0 Å². The molecule has 0 N–H and O–H groups in total. The van der Waals surface area contributed by atoms with Crippen LogP contribution < -0.4 is 0 Å². The Morgan fingerprint density at radius 2 is 2.05 bits per heavy atom. The van der Waals surface area contributed by atoms with Crippen LogP contribution in [0.1, 0.15) is 37.7 Å². The van der Waals surface area contributed by atoms with Crippen molar-refractivity contribution in [2.24, 2.45) is 10.9 Å². The highest BCUT2D eigenvalue weighted by atomic mass is 127. The van der Waals surface area contributed by atoms with Crippen molar-refractivity contribution in [3.05, 3.63) is 33.4 Å². The molecular weight excluding hydrogens is 389 g/mol. The van der Waals surface area contributed by atoms with E-state index in [2.05, 4.69) is 58.1 Å². The van der Waals surface area contributed by atoms with Gasteiger partial charge in [-0.1, -0.05) is 24.6 Å². The topological polar surface area (TPSA) is 30.8 Å². The molecule has 2 fully saturated rings. The summed E-state index contributed by atoms with van der Waals surface area (Å²) in [6.07, 6.45) is 8.84. The second-order valence-corrected chi connectivity index (χ2v) is 7.28. The highest BCUT2D eigenvalue weighted by Gasteiger charge is 2.45. The molecule has 1 aromatic carbocycles. The fourth-order valence-electron chi connectivity index (χ4n) is 3.51. The Balaban J connectivity index is 1.48. The van der Waals surface area contributed by atoms with Crippen LogP contribution in [0.4, 0.5) is 0 Å². The van der Waals surface area contributed by atoms with Crippen LogP contribution in [0.15, 0.2) is 29.3 Å². The molecule has 1 saturated heterocycles. The minimum atomic E-state index is -0.293. The van der Waals surface area contributed by atoms with E-state index in [9.17, 15) is 0 Å². The quantitative estimate of drug-likeness (QED) is 0.535. The van der Waals surface area contributed by atoms with Crippen LogP contribution in [0, 0.1) is 9.49 Å². The van der Waals surface area contributed by atoms with Gasteiger partial charge in [-0.2, -0.15) is 0 Å². The second-order valence-electron chi connectivity index (χ2n) is 6.12. The van der Waals surface area contributed by atoms with E-state index in [1.54, 1.807) is 0 Å². The number of rotatable bonds is 5. The zero-order valence-electron chi connectivity index (χ0n) is 13.0. The number of halogens is 1. The van der Waals surface area contributed by atoms with Crippen LogP contribution in [-0.4, -0.2) is 31.8 Å². The van der Waals surface area contributed by atoms with Gasteiger partial charge < -0.3 is 9.47 Å². The van der Waals surface area contributed by atoms with Gasteiger partial charge in [0, 0.05) is 22.5 Å². The fraction of sp³-hybridized carbons (Fsp3) is 0.611. The summed E-state index contributed by atoms with van der Waals surface area (Å²) in [6.45, 7) is 2.36. The summed E-state index contributed by atoms with van der Waals surface area (Å²) in [5, 5.41) is 0. The molecule has 1 aliphatic heterocycles. The Hall–Kier alpha value is -0.460. The summed E-state index contributed by atoms with van der Waals surface area (Å²) < 4.78 is 13.2. The second kappa shape index (κ2) is 7.88. The third-order valence-electron chi connectivity index (χ3n) is 4.71. The Kier molecular flexibility index (Phi) is 5.88. The molecule has 0 amide bonds. The lowest BCUT2D eigenvalue weighted by Gasteiger charge is -2.38. The number of nitrogens with zero attached hydrogens (tertiary/aromatic N) is 1. The first-order valence-electron chi connectivity index (χ1n) is 8.30. The van der Waals surface area contributed by atoms with Crippen molar-refractivity contribution in [3.8, 4) is 0 Å². The molecule has 3 nitrogen and oxygen atoms in total. The van der Waals surface area contributed by atoms with Crippen LogP contribution in [0.3, 0.4) is 0 Å². The number of hydrogen-bond acceptors (Lipinski definition) is 3. The van der Waals surface area contributed by atoms with Gasteiger partial charge >= 0.3 is 0 Å². The normalized spacial score (nSPS) is 24.3. The molecule has 1 heterocycles. The Labute approximate surface area is 146 Å². The van der Waals surface area contributed by atoms with E-state index >= 15 is 0 Å². The molecule has 1 saturated carbocycles. The monoisotopic (exact) mass is 413 g/mol. The third kappa shape index (κ3) is 3.89. The molecule has 1 aliphatic carbocycles. The summed E-state index contributed by atoms with van der Waals surface area (Å²) in [4.78, 5) is 4.62. The molecule has 1 spiro atoms. The molecule has 1 atom stereocenters. The third-order valence-corrected chi connectivity index (χ3v) is 5.77. The lowest BCUT2D eigenvalue weighted by atomic mass is 9.81. The van der Waals surface area contributed by atoms with E-state index in [0.717, 1.165) is 39.0 Å². The van der Waals surface area contributed by atoms with Gasteiger partial charge in [0.05, 0.1) is 13.2 Å². The fourth-order valence-corrected chi connectivity index (χ4v) is 4.17. The summed E-state index contributed by atoms with van der Waals surface area (Å²) in [5.74, 6) is 0.184. The lowest BCUT2D eigenvalue weighted by molar-refractivity contribution is -0.210. The summed E-state index contributed by atoms with van der Waals surface area (Å²) in [6, 6.07) is 8.52. The lowest BCUT2D eigenvalue weighted by Crippen LogP contribution is -2.42. The summed E-state index contributed by atoms with van der Waals surface area (Å²) in [5.41, 5.74) is 1.39. The Morgan fingerprint density at radius 1 is 1.23 bits per heavy atom. The molecule has 3 rings (SSSR count). The van der Waals surface area contributed by atoms with E-state index in [-0.39, 0.29) is 5.79 Å². The minimum Gasteiger partial charge on any atom is -0.347 e. The average Bonchev–Trinajstić information content (AvgIpc) is 3.00. The summed E-state index contributed by atoms with van der Waals surface area (Å²) in [7, 11) is 0. The number of aliphatic imine (C=N–C) groups is 1. The van der Waals surface area contributed by atoms with Crippen molar-refractivity contribution in [2.45, 2.75) is 44.3 Å². The van der Waals surface area contributed by atoms with Gasteiger partial charge in [0.15, 0.2) is 5.79 Å². The van der Waals surface area contributed by atoms with Crippen LogP contribution in [0.2, 0.25) is 0 Å². The minimum absolute atomic E-state index is 0.293. The highest BCUT2D eigenvalue weighted by molar-refractivity contribution is 14.1. The molecule has 0 bridgehead atoms. The van der Waals surface area contributed by atoms with Gasteiger partial charge in [-0.05, 0) is 66.1 Å². The van der Waals surface area contributed by atoms with Crippen molar-refractivity contribution < 1.29 is 9.47 Å². The number of hydrogen-bond donors (Lipinski definition) is 0. The van der Waals surface area contributed by atoms with Crippen molar-refractivity contribution in [2.75, 3.05) is 19.8 Å². The first-order valence-corrected chi connectivity index (χ1v) is 9.38. The van der Waals surface area contributed by atoms with E-state index in [1.165, 1.54) is 28.4 Å². The van der Waals surface area contributed by atoms with Gasteiger partial charge in [-0.15, -0.1) is 0 Å². The van der Waals surface area contributed by atoms with E-state index < -0.39 is 0 Å². The van der Waals surface area contributed by atoms with Gasteiger partial charge in [-0.25, -0.2) is 0 Å². The Morgan fingerprint density at radius 3 is 2.86 bits per heavy atom. The Bertz CT molecular complexity index is 512. The van der Waals surface area contributed by atoms with Crippen molar-refractivity contribution >= 4 is 28.8 Å². The summed E-state index contributed by atoms with van der Waals surface area (Å²) >= 11 is 2.39. The smallest absolute Gasteiger partial charge is 0.171 e. The maximum absolute atomic E-state index is 5.95. The van der Waals surface area contributed by atoms with Crippen molar-refractivity contribution in [1.29, 1.82) is 0 Å². The predicted octanol–water partition coefficient (Wildman–Crippen LogP) is 4.23. The van der Waals surface area contributed by atoms with Crippen LogP contribution in [0.25, 0.3) is 0 Å². The molecule has 1 aromatic rings. The first kappa shape index (κ1) is 16.4.